The topological polar surface area (TPSA) is 0 Å². The lowest BCUT2D eigenvalue weighted by atomic mass is 9.82. The van der Waals surface area contributed by atoms with Crippen molar-refractivity contribution in [1.82, 2.24) is 0 Å². The van der Waals surface area contributed by atoms with Crippen molar-refractivity contribution in [3.8, 4) is 44.5 Å². The molecule has 214 valence electrons. The molecule has 0 spiro atoms. The normalized spacial score (nSPS) is 11.5. The quantitative estimate of drug-likeness (QED) is 0.181. The molecular formula is C46H30. The maximum atomic E-state index is 2.31. The smallest absolute Gasteiger partial charge is 0.00139 e. The van der Waals surface area contributed by atoms with E-state index >= 15 is 0 Å². The molecule has 0 aromatic heterocycles. The van der Waals surface area contributed by atoms with Crippen LogP contribution in [0.4, 0.5) is 0 Å². The van der Waals surface area contributed by atoms with E-state index in [9.17, 15) is 0 Å². The third kappa shape index (κ3) is 4.23. The molecule has 9 aromatic carbocycles. The summed E-state index contributed by atoms with van der Waals surface area (Å²) in [5, 5.41) is 10.1. The van der Waals surface area contributed by atoms with Crippen LogP contribution in [0.5, 0.6) is 0 Å². The molecule has 0 radical (unpaired) electrons. The lowest BCUT2D eigenvalue weighted by Crippen LogP contribution is -1.94. The molecule has 0 saturated carbocycles. The highest BCUT2D eigenvalue weighted by molar-refractivity contribution is 6.25. The molecule has 46 heavy (non-hydrogen) atoms. The van der Waals surface area contributed by atoms with Gasteiger partial charge in [-0.3, -0.25) is 0 Å². The van der Waals surface area contributed by atoms with E-state index in [1.165, 1.54) is 87.6 Å². The van der Waals surface area contributed by atoms with Crippen LogP contribution >= 0.6 is 0 Å². The number of hydrogen-bond acceptors (Lipinski definition) is 0. The van der Waals surface area contributed by atoms with Gasteiger partial charge in [-0.15, -0.1) is 0 Å². The summed E-state index contributed by atoms with van der Waals surface area (Å²) < 4.78 is 0. The molecule has 0 fully saturated rings. The lowest BCUT2D eigenvalue weighted by Gasteiger charge is -2.21. The first-order valence-corrected chi connectivity index (χ1v) is 15.9. The summed E-state index contributed by atoms with van der Waals surface area (Å²) in [4.78, 5) is 0. The Hall–Kier alpha value is -5.98. The molecule has 0 amide bonds. The zero-order valence-electron chi connectivity index (χ0n) is 25.3. The van der Waals surface area contributed by atoms with Gasteiger partial charge in [0.1, 0.15) is 0 Å². The summed E-state index contributed by atoms with van der Waals surface area (Å²) in [7, 11) is 0. The Morgan fingerprint density at radius 1 is 0.196 bits per heavy atom. The fourth-order valence-corrected chi connectivity index (χ4v) is 7.40. The summed E-state index contributed by atoms with van der Waals surface area (Å²) >= 11 is 0. The van der Waals surface area contributed by atoms with Crippen molar-refractivity contribution >= 4 is 43.1 Å². The summed E-state index contributed by atoms with van der Waals surface area (Å²) in [6.07, 6.45) is 0. The lowest BCUT2D eigenvalue weighted by molar-refractivity contribution is 1.62. The Morgan fingerprint density at radius 3 is 1.30 bits per heavy atom. The maximum absolute atomic E-state index is 2.31. The fraction of sp³-hybridized carbons (Fsp3) is 0. The highest BCUT2D eigenvalue weighted by Gasteiger charge is 2.20. The summed E-state index contributed by atoms with van der Waals surface area (Å²) in [5.41, 5.74) is 10.1. The van der Waals surface area contributed by atoms with Crippen molar-refractivity contribution in [1.29, 1.82) is 0 Å². The largest absolute Gasteiger partial charge is 0.0622 e. The first-order chi connectivity index (χ1) is 22.8. The van der Waals surface area contributed by atoms with Crippen molar-refractivity contribution in [3.05, 3.63) is 182 Å². The van der Waals surface area contributed by atoms with Gasteiger partial charge in [0, 0.05) is 0 Å². The predicted octanol–water partition coefficient (Wildman–Crippen LogP) is 13.0. The molecule has 0 nitrogen and oxygen atoms in total. The Kier molecular flexibility index (Phi) is 6.25. The average molecular weight is 583 g/mol. The minimum Gasteiger partial charge on any atom is -0.0622 e. The molecule has 0 aliphatic heterocycles. The highest BCUT2D eigenvalue weighted by Crippen LogP contribution is 2.48. The van der Waals surface area contributed by atoms with E-state index in [0.29, 0.717) is 0 Å². The molecule has 0 heteroatoms. The Morgan fingerprint density at radius 2 is 0.652 bits per heavy atom. The van der Waals surface area contributed by atoms with Crippen LogP contribution in [0.15, 0.2) is 182 Å². The van der Waals surface area contributed by atoms with Crippen LogP contribution in [0, 0.1) is 0 Å². The van der Waals surface area contributed by atoms with E-state index in [0.717, 1.165) is 0 Å². The van der Waals surface area contributed by atoms with E-state index in [-0.39, 0.29) is 0 Å². The van der Waals surface area contributed by atoms with Crippen molar-refractivity contribution in [2.45, 2.75) is 0 Å². The minimum absolute atomic E-state index is 1.23. The van der Waals surface area contributed by atoms with Crippen LogP contribution in [0.25, 0.3) is 87.6 Å². The van der Waals surface area contributed by atoms with Crippen molar-refractivity contribution < 1.29 is 0 Å². The minimum atomic E-state index is 1.23. The first-order valence-electron chi connectivity index (χ1n) is 15.9. The van der Waals surface area contributed by atoms with Crippen LogP contribution in [0.3, 0.4) is 0 Å². The standard InChI is InChI=1S/C46H30/c1-2-13-32(14-3-1)39-30-29-33-16-5-7-19-38(33)45(39)46-42-22-10-8-20-40(42)44(41-21-9-11-23-43(41)46)35-27-25-34(26-28-35)37-24-12-17-31-15-4-6-18-36(31)37/h1-30H. The van der Waals surface area contributed by atoms with Gasteiger partial charge in [-0.2, -0.15) is 0 Å². The van der Waals surface area contributed by atoms with Crippen LogP contribution in [-0.4, -0.2) is 0 Å². The van der Waals surface area contributed by atoms with E-state index in [1.807, 2.05) is 0 Å². The van der Waals surface area contributed by atoms with Gasteiger partial charge in [-0.1, -0.05) is 182 Å². The van der Waals surface area contributed by atoms with Gasteiger partial charge >= 0.3 is 0 Å². The highest BCUT2D eigenvalue weighted by atomic mass is 14.2. The maximum Gasteiger partial charge on any atom is -0.00139 e. The second kappa shape index (κ2) is 10.9. The SMILES string of the molecule is c1ccc(-c2ccc3ccccc3c2-c2c3ccccc3c(-c3ccc(-c4cccc5ccccc45)cc3)c3ccccc23)cc1. The Bertz CT molecular complexity index is 2490. The van der Waals surface area contributed by atoms with Gasteiger partial charge in [0.15, 0.2) is 0 Å². The van der Waals surface area contributed by atoms with Gasteiger partial charge in [-0.25, -0.2) is 0 Å². The Balaban J connectivity index is 1.33. The van der Waals surface area contributed by atoms with Crippen molar-refractivity contribution in [2.75, 3.05) is 0 Å². The van der Waals surface area contributed by atoms with E-state index in [1.54, 1.807) is 0 Å². The van der Waals surface area contributed by atoms with Gasteiger partial charge < -0.3 is 0 Å². The zero-order valence-corrected chi connectivity index (χ0v) is 25.3. The number of hydrogen-bond donors (Lipinski definition) is 0. The second-order valence-corrected chi connectivity index (χ2v) is 12.0. The molecular weight excluding hydrogens is 553 g/mol. The number of rotatable bonds is 4. The number of benzene rings is 9. The molecule has 0 bridgehead atoms. The van der Waals surface area contributed by atoms with Crippen LogP contribution < -0.4 is 0 Å². The summed E-state index contributed by atoms with van der Waals surface area (Å²) in [5.74, 6) is 0. The third-order valence-corrected chi connectivity index (χ3v) is 9.47. The van der Waals surface area contributed by atoms with Crippen LogP contribution in [0.2, 0.25) is 0 Å². The molecule has 0 aliphatic rings. The zero-order chi connectivity index (χ0) is 30.5. The van der Waals surface area contributed by atoms with Gasteiger partial charge in [0.2, 0.25) is 0 Å². The van der Waals surface area contributed by atoms with E-state index < -0.39 is 0 Å². The van der Waals surface area contributed by atoms with Crippen LogP contribution in [-0.2, 0) is 0 Å². The van der Waals surface area contributed by atoms with E-state index in [4.69, 9.17) is 0 Å². The monoisotopic (exact) mass is 582 g/mol. The summed E-state index contributed by atoms with van der Waals surface area (Å²) in [6, 6.07) is 66.5. The fourth-order valence-electron chi connectivity index (χ4n) is 7.40. The van der Waals surface area contributed by atoms with Crippen molar-refractivity contribution in [3.63, 3.8) is 0 Å². The van der Waals surface area contributed by atoms with E-state index in [2.05, 4.69) is 182 Å². The molecule has 0 unspecified atom stereocenters. The van der Waals surface area contributed by atoms with Gasteiger partial charge in [-0.05, 0) is 87.6 Å². The number of fused-ring (bicyclic) bond motifs is 4. The molecule has 0 heterocycles. The molecule has 0 aliphatic carbocycles. The first kappa shape index (κ1) is 26.4. The second-order valence-electron chi connectivity index (χ2n) is 12.0. The Labute approximate surface area is 268 Å². The predicted molar refractivity (Wildman–Crippen MR) is 198 cm³/mol. The molecule has 9 aromatic rings. The van der Waals surface area contributed by atoms with Crippen molar-refractivity contribution in [2.24, 2.45) is 0 Å². The molecule has 0 atom stereocenters. The summed E-state index contributed by atoms with van der Waals surface area (Å²) in [6.45, 7) is 0. The average Bonchev–Trinajstić information content (AvgIpc) is 3.14. The van der Waals surface area contributed by atoms with Crippen LogP contribution in [0.1, 0.15) is 0 Å². The molecule has 0 N–H and O–H groups in total. The van der Waals surface area contributed by atoms with Gasteiger partial charge in [0.25, 0.3) is 0 Å². The third-order valence-electron chi connectivity index (χ3n) is 9.47. The molecule has 0 saturated heterocycles. The van der Waals surface area contributed by atoms with Gasteiger partial charge in [0.05, 0.1) is 0 Å². The molecule has 9 rings (SSSR count).